The van der Waals surface area contributed by atoms with Crippen LogP contribution in [0.4, 0.5) is 15.9 Å². The van der Waals surface area contributed by atoms with E-state index in [-0.39, 0.29) is 47.8 Å². The maximum Gasteiger partial charge on any atom is 0.341 e. The Kier molecular flexibility index (Phi) is 5.48. The van der Waals surface area contributed by atoms with Gasteiger partial charge in [-0.25, -0.2) is 18.7 Å². The molecule has 3 aromatic rings. The SMILES string of the molecule is COc1c(C(=O)O)cn2ncnc(Nc3ccc(F)cc3O[C@@H]3CO[C@H]4[C@@H]3OC[C@H]4OC)c12. The van der Waals surface area contributed by atoms with E-state index in [1.807, 2.05) is 0 Å². The highest BCUT2D eigenvalue weighted by molar-refractivity contribution is 5.97. The van der Waals surface area contributed by atoms with E-state index in [0.29, 0.717) is 17.8 Å². The van der Waals surface area contributed by atoms with Crippen LogP contribution in [0.1, 0.15) is 10.4 Å². The van der Waals surface area contributed by atoms with E-state index in [0.717, 1.165) is 0 Å². The van der Waals surface area contributed by atoms with Gasteiger partial charge < -0.3 is 34.1 Å². The van der Waals surface area contributed by atoms with Gasteiger partial charge >= 0.3 is 5.97 Å². The number of rotatable bonds is 7. The van der Waals surface area contributed by atoms with Crippen molar-refractivity contribution in [1.29, 1.82) is 0 Å². The van der Waals surface area contributed by atoms with E-state index < -0.39 is 17.9 Å². The van der Waals surface area contributed by atoms with E-state index >= 15 is 0 Å². The third-order valence-electron chi connectivity index (χ3n) is 5.70. The minimum absolute atomic E-state index is 0.0724. The molecule has 2 saturated heterocycles. The summed E-state index contributed by atoms with van der Waals surface area (Å²) in [6.45, 7) is 0.649. The molecule has 0 radical (unpaired) electrons. The largest absolute Gasteiger partial charge is 0.493 e. The molecule has 33 heavy (non-hydrogen) atoms. The Morgan fingerprint density at radius 1 is 1.24 bits per heavy atom. The summed E-state index contributed by atoms with van der Waals surface area (Å²) < 4.78 is 43.8. The third kappa shape index (κ3) is 3.71. The first-order valence-corrected chi connectivity index (χ1v) is 10.1. The normalized spacial score (nSPS) is 24.1. The molecule has 0 unspecified atom stereocenters. The van der Waals surface area contributed by atoms with E-state index in [1.54, 1.807) is 7.11 Å². The number of ether oxygens (including phenoxy) is 5. The van der Waals surface area contributed by atoms with Crippen LogP contribution in [0.15, 0.2) is 30.7 Å². The number of aromatic carboxylic acids is 1. The van der Waals surface area contributed by atoms with Crippen LogP contribution in [0, 0.1) is 5.82 Å². The number of hydrogen-bond donors (Lipinski definition) is 2. The van der Waals surface area contributed by atoms with Crippen LogP contribution in [0.3, 0.4) is 0 Å². The molecule has 4 atom stereocenters. The molecule has 5 rings (SSSR count). The molecule has 2 aromatic heterocycles. The van der Waals surface area contributed by atoms with Crippen molar-refractivity contribution in [1.82, 2.24) is 14.6 Å². The lowest BCUT2D eigenvalue weighted by atomic mass is 10.1. The highest BCUT2D eigenvalue weighted by atomic mass is 19.1. The molecule has 174 valence electrons. The number of fused-ring (bicyclic) bond motifs is 2. The van der Waals surface area contributed by atoms with E-state index in [1.165, 1.54) is 42.3 Å². The highest BCUT2D eigenvalue weighted by Crippen LogP contribution is 2.37. The first-order valence-electron chi connectivity index (χ1n) is 10.1. The Morgan fingerprint density at radius 2 is 2.00 bits per heavy atom. The number of carboxylic acids is 1. The van der Waals surface area contributed by atoms with Gasteiger partial charge in [0.1, 0.15) is 41.8 Å². The molecule has 0 spiro atoms. The van der Waals surface area contributed by atoms with Crippen LogP contribution >= 0.6 is 0 Å². The molecular formula is C21H21FN4O7. The summed E-state index contributed by atoms with van der Waals surface area (Å²) in [5, 5.41) is 16.6. The summed E-state index contributed by atoms with van der Waals surface area (Å²) in [5.74, 6) is -1.10. The summed E-state index contributed by atoms with van der Waals surface area (Å²) in [7, 11) is 2.95. The minimum Gasteiger partial charge on any atom is -0.493 e. The maximum atomic E-state index is 14.1. The molecule has 0 bridgehead atoms. The van der Waals surface area contributed by atoms with Crippen molar-refractivity contribution in [2.24, 2.45) is 0 Å². The van der Waals surface area contributed by atoms with Crippen LogP contribution in [0.25, 0.3) is 5.52 Å². The zero-order valence-electron chi connectivity index (χ0n) is 17.7. The van der Waals surface area contributed by atoms with Gasteiger partial charge in [-0.3, -0.25) is 0 Å². The van der Waals surface area contributed by atoms with Gasteiger partial charge in [-0.15, -0.1) is 0 Å². The fourth-order valence-electron chi connectivity index (χ4n) is 4.15. The topological polar surface area (TPSA) is 126 Å². The van der Waals surface area contributed by atoms with E-state index in [4.69, 9.17) is 23.7 Å². The van der Waals surface area contributed by atoms with Crippen molar-refractivity contribution in [3.05, 3.63) is 42.1 Å². The van der Waals surface area contributed by atoms with Crippen LogP contribution in [0.5, 0.6) is 11.5 Å². The van der Waals surface area contributed by atoms with Gasteiger partial charge in [0, 0.05) is 19.4 Å². The van der Waals surface area contributed by atoms with Gasteiger partial charge in [-0.05, 0) is 12.1 Å². The Morgan fingerprint density at radius 3 is 2.73 bits per heavy atom. The van der Waals surface area contributed by atoms with Crippen LogP contribution in [0.2, 0.25) is 0 Å². The van der Waals surface area contributed by atoms with Crippen molar-refractivity contribution in [3.8, 4) is 11.5 Å². The van der Waals surface area contributed by atoms with E-state index in [2.05, 4.69) is 15.4 Å². The third-order valence-corrected chi connectivity index (χ3v) is 5.70. The van der Waals surface area contributed by atoms with Gasteiger partial charge in [-0.1, -0.05) is 0 Å². The second kappa shape index (κ2) is 8.46. The average Bonchev–Trinajstić information content (AvgIpc) is 3.49. The average molecular weight is 460 g/mol. The van der Waals surface area contributed by atoms with Gasteiger partial charge in [0.2, 0.25) is 0 Å². The summed E-state index contributed by atoms with van der Waals surface area (Å²) >= 11 is 0. The Labute approximate surface area is 187 Å². The predicted molar refractivity (Wildman–Crippen MR) is 111 cm³/mol. The van der Waals surface area contributed by atoms with Gasteiger partial charge in [-0.2, -0.15) is 5.10 Å². The number of carboxylic acid groups (broad SMARTS) is 1. The number of halogens is 1. The van der Waals surface area contributed by atoms with Crippen molar-refractivity contribution in [2.75, 3.05) is 32.8 Å². The molecule has 0 amide bonds. The van der Waals surface area contributed by atoms with Crippen LogP contribution in [-0.2, 0) is 14.2 Å². The number of methoxy groups -OCH3 is 2. The number of carbonyl (C=O) groups is 1. The van der Waals surface area contributed by atoms with Gasteiger partial charge in [0.15, 0.2) is 23.2 Å². The maximum absolute atomic E-state index is 14.1. The first-order chi connectivity index (χ1) is 16.0. The molecule has 0 saturated carbocycles. The molecule has 2 aliphatic rings. The minimum atomic E-state index is -1.17. The molecule has 4 heterocycles. The molecule has 0 aliphatic carbocycles. The fourth-order valence-corrected chi connectivity index (χ4v) is 4.15. The van der Waals surface area contributed by atoms with Gasteiger partial charge in [0.25, 0.3) is 0 Å². The van der Waals surface area contributed by atoms with Crippen LogP contribution in [-0.4, -0.2) is 77.5 Å². The summed E-state index contributed by atoms with van der Waals surface area (Å²) in [4.78, 5) is 15.8. The lowest BCUT2D eigenvalue weighted by Crippen LogP contribution is -2.35. The quantitative estimate of drug-likeness (QED) is 0.540. The van der Waals surface area contributed by atoms with Crippen LogP contribution < -0.4 is 14.8 Å². The fraction of sp³-hybridized carbons (Fsp3) is 0.381. The molecule has 2 aliphatic heterocycles. The lowest BCUT2D eigenvalue weighted by Gasteiger charge is -2.20. The Balaban J connectivity index is 1.47. The number of hydrogen-bond acceptors (Lipinski definition) is 9. The number of benzene rings is 1. The second-order valence-corrected chi connectivity index (χ2v) is 7.57. The van der Waals surface area contributed by atoms with E-state index in [9.17, 15) is 14.3 Å². The monoisotopic (exact) mass is 460 g/mol. The second-order valence-electron chi connectivity index (χ2n) is 7.57. The number of anilines is 2. The summed E-state index contributed by atoms with van der Waals surface area (Å²) in [6, 6.07) is 4.01. The molecule has 2 N–H and O–H groups in total. The molecule has 12 heteroatoms. The van der Waals surface area contributed by atoms with Crippen molar-refractivity contribution >= 4 is 23.0 Å². The number of nitrogens with one attached hydrogen (secondary N) is 1. The zero-order chi connectivity index (χ0) is 23.1. The van der Waals surface area contributed by atoms with Crippen molar-refractivity contribution < 1.29 is 38.0 Å². The number of aromatic nitrogens is 3. The number of nitrogens with zero attached hydrogens (tertiary/aromatic N) is 3. The van der Waals surface area contributed by atoms with Crippen molar-refractivity contribution in [2.45, 2.75) is 24.4 Å². The Hall–Kier alpha value is -3.48. The zero-order valence-corrected chi connectivity index (χ0v) is 17.7. The summed E-state index contributed by atoms with van der Waals surface area (Å²) in [5.41, 5.74) is 0.637. The molecule has 2 fully saturated rings. The van der Waals surface area contributed by atoms with Crippen molar-refractivity contribution in [3.63, 3.8) is 0 Å². The standard InChI is InChI=1S/C21H21FN4O7/c1-29-14-7-31-19-15(8-32-18(14)19)33-13-5-10(22)3-4-12(13)25-20-16-17(30-2)11(21(27)28)6-26(16)24-9-23-20/h3-6,9,14-15,18-19H,7-8H2,1-2H3,(H,27,28)(H,23,24,25)/t14-,15-,18-,19-/m1/s1. The molecule has 1 aromatic carbocycles. The first kappa shape index (κ1) is 21.4. The molecule has 11 nitrogen and oxygen atoms in total. The lowest BCUT2D eigenvalue weighted by molar-refractivity contribution is -0.0138. The molecular weight excluding hydrogens is 439 g/mol. The predicted octanol–water partition coefficient (Wildman–Crippen LogP) is 1.88. The summed E-state index contributed by atoms with van der Waals surface area (Å²) in [6.07, 6.45) is 1.33. The smallest absolute Gasteiger partial charge is 0.341 e. The Bertz CT molecular complexity index is 1200. The van der Waals surface area contributed by atoms with Gasteiger partial charge in [0.05, 0.1) is 26.0 Å². The highest BCUT2D eigenvalue weighted by Gasteiger charge is 2.49.